The van der Waals surface area contributed by atoms with Crippen LogP contribution in [0.2, 0.25) is 0 Å². The van der Waals surface area contributed by atoms with Crippen LogP contribution < -0.4 is 5.32 Å². The lowest BCUT2D eigenvalue weighted by molar-refractivity contribution is -0.241. The summed E-state index contributed by atoms with van der Waals surface area (Å²) < 4.78 is 32.2. The third kappa shape index (κ3) is 8.63. The van der Waals surface area contributed by atoms with Crippen molar-refractivity contribution in [1.82, 2.24) is 5.32 Å². The first kappa shape index (κ1) is 30.6. The van der Waals surface area contributed by atoms with E-state index in [0.29, 0.717) is 0 Å². The van der Waals surface area contributed by atoms with Crippen molar-refractivity contribution in [2.24, 2.45) is 0 Å². The largest absolute Gasteiger partial charge is 0.467 e. The molecule has 0 aromatic rings. The Hall–Kier alpha value is -3.48. The van der Waals surface area contributed by atoms with E-state index >= 15 is 0 Å². The van der Waals surface area contributed by atoms with E-state index in [2.05, 4.69) is 11.9 Å². The van der Waals surface area contributed by atoms with Crippen LogP contribution in [0.4, 0.5) is 0 Å². The molecule has 1 fully saturated rings. The van der Waals surface area contributed by atoms with E-state index < -0.39 is 78.4 Å². The Balaban J connectivity index is 3.77. The average Bonchev–Trinajstić information content (AvgIpc) is 2.75. The van der Waals surface area contributed by atoms with Crippen molar-refractivity contribution in [3.8, 4) is 0 Å². The van der Waals surface area contributed by atoms with Gasteiger partial charge in [-0.25, -0.2) is 4.79 Å². The predicted octanol–water partition coefficient (Wildman–Crippen LogP) is 0.126. The first-order chi connectivity index (χ1) is 16.8. The summed E-state index contributed by atoms with van der Waals surface area (Å²) in [6.07, 6.45) is -4.57. The molecule has 0 radical (unpaired) electrons. The number of amides is 1. The number of nitrogens with one attached hydrogen (secondary N) is 1. The van der Waals surface area contributed by atoms with Crippen molar-refractivity contribution in [1.29, 1.82) is 0 Å². The molecular weight excluding hydrogens is 482 g/mol. The van der Waals surface area contributed by atoms with Crippen LogP contribution in [0.3, 0.4) is 0 Å². The fourth-order valence-corrected chi connectivity index (χ4v) is 3.97. The quantitative estimate of drug-likeness (QED) is 0.224. The van der Waals surface area contributed by atoms with E-state index in [1.54, 1.807) is 0 Å². The van der Waals surface area contributed by atoms with Gasteiger partial charge in [-0.15, -0.1) is 6.58 Å². The number of hydrogen-bond acceptors (Lipinski definition) is 12. The molecule has 0 aliphatic carbocycles. The monoisotopic (exact) mass is 515 g/mol. The van der Waals surface area contributed by atoms with Crippen LogP contribution in [-0.4, -0.2) is 85.5 Å². The van der Waals surface area contributed by atoms with Gasteiger partial charge < -0.3 is 33.7 Å². The number of carbonyl (C=O) groups excluding carboxylic acids is 6. The number of hydrogen-bond donors (Lipinski definition) is 1. The van der Waals surface area contributed by atoms with Gasteiger partial charge >= 0.3 is 29.8 Å². The zero-order chi connectivity index (χ0) is 27.6. The summed E-state index contributed by atoms with van der Waals surface area (Å²) in [7, 11) is 1.12. The smallest absolute Gasteiger partial charge is 0.338 e. The van der Waals surface area contributed by atoms with Crippen molar-refractivity contribution in [2.75, 3.05) is 13.7 Å². The van der Waals surface area contributed by atoms with Gasteiger partial charge in [0.15, 0.2) is 17.8 Å². The number of carbonyl (C=O) groups is 6. The maximum absolute atomic E-state index is 12.9. The van der Waals surface area contributed by atoms with E-state index in [-0.39, 0.29) is 12.8 Å². The molecule has 0 unspecified atom stereocenters. The summed E-state index contributed by atoms with van der Waals surface area (Å²) in [6.45, 7) is 8.68. The summed E-state index contributed by atoms with van der Waals surface area (Å²) >= 11 is 0. The van der Waals surface area contributed by atoms with Crippen LogP contribution in [0.5, 0.6) is 0 Å². The van der Waals surface area contributed by atoms with Crippen molar-refractivity contribution in [3.63, 3.8) is 0 Å². The molecule has 1 rings (SSSR count). The highest BCUT2D eigenvalue weighted by molar-refractivity contribution is 5.80. The Bertz CT molecular complexity index is 871. The lowest BCUT2D eigenvalue weighted by atomic mass is 9.81. The number of rotatable bonds is 11. The van der Waals surface area contributed by atoms with Gasteiger partial charge in [0.25, 0.3) is 0 Å². The average molecular weight is 516 g/mol. The van der Waals surface area contributed by atoms with Crippen molar-refractivity contribution in [2.45, 2.75) is 83.5 Å². The van der Waals surface area contributed by atoms with Crippen LogP contribution in [0.15, 0.2) is 12.7 Å². The van der Waals surface area contributed by atoms with Crippen molar-refractivity contribution < 1.29 is 57.2 Å². The first-order valence-electron chi connectivity index (χ1n) is 11.1. The lowest BCUT2D eigenvalue weighted by Crippen LogP contribution is -2.68. The van der Waals surface area contributed by atoms with Crippen LogP contribution in [0.25, 0.3) is 0 Å². The Kier molecular flexibility index (Phi) is 11.5. The molecule has 1 aliphatic rings. The third-order valence-corrected chi connectivity index (χ3v) is 5.13. The predicted molar refractivity (Wildman–Crippen MR) is 120 cm³/mol. The zero-order valence-corrected chi connectivity index (χ0v) is 21.2. The van der Waals surface area contributed by atoms with E-state index in [1.165, 1.54) is 13.0 Å². The summed E-state index contributed by atoms with van der Waals surface area (Å²) in [5, 5.41) is 2.59. The van der Waals surface area contributed by atoms with Gasteiger partial charge in [0.05, 0.1) is 13.2 Å². The Morgan fingerprint density at radius 3 is 2.06 bits per heavy atom. The normalized spacial score (nSPS) is 24.8. The van der Waals surface area contributed by atoms with Crippen LogP contribution in [0, 0.1) is 0 Å². The molecule has 0 aromatic carbocycles. The summed E-state index contributed by atoms with van der Waals surface area (Å²) in [4.78, 5) is 72.3. The van der Waals surface area contributed by atoms with E-state index in [1.807, 2.05) is 0 Å². The van der Waals surface area contributed by atoms with Gasteiger partial charge in [0, 0.05) is 47.5 Å². The number of ether oxygens (including phenoxy) is 6. The Morgan fingerprint density at radius 1 is 1.00 bits per heavy atom. The third-order valence-electron chi connectivity index (χ3n) is 5.13. The van der Waals surface area contributed by atoms with E-state index in [9.17, 15) is 28.8 Å². The molecule has 0 saturated carbocycles. The molecular formula is C23H33NO12. The second-order valence-electron chi connectivity index (χ2n) is 8.16. The minimum Gasteiger partial charge on any atom is -0.467 e. The van der Waals surface area contributed by atoms with Gasteiger partial charge in [-0.2, -0.15) is 0 Å². The molecule has 6 atom stereocenters. The molecule has 1 aliphatic heterocycles. The maximum Gasteiger partial charge on any atom is 0.338 e. The molecule has 13 nitrogen and oxygen atoms in total. The van der Waals surface area contributed by atoms with Crippen molar-refractivity contribution in [3.05, 3.63) is 12.7 Å². The molecule has 1 heterocycles. The molecule has 1 N–H and O–H groups in total. The summed E-state index contributed by atoms with van der Waals surface area (Å²) in [5.74, 6) is -4.51. The number of esters is 5. The fourth-order valence-electron chi connectivity index (χ4n) is 3.97. The van der Waals surface area contributed by atoms with E-state index in [0.717, 1.165) is 34.8 Å². The van der Waals surface area contributed by atoms with Crippen molar-refractivity contribution >= 4 is 35.8 Å². The van der Waals surface area contributed by atoms with Gasteiger partial charge in [-0.1, -0.05) is 6.08 Å². The SMILES string of the molecule is C=CC[C@]1(C(=O)OC)C[C@H](OC(C)=O)[C@@H](NC(C)=O)[C@H]([C@H](OC(C)=O)[C@@H](COC(C)=O)OC(C)=O)O1. The van der Waals surface area contributed by atoms with Crippen LogP contribution in [0.1, 0.15) is 47.5 Å². The minimum atomic E-state index is -1.78. The van der Waals surface area contributed by atoms with Crippen LogP contribution >= 0.6 is 0 Å². The molecule has 202 valence electrons. The molecule has 1 saturated heterocycles. The first-order valence-corrected chi connectivity index (χ1v) is 11.1. The highest BCUT2D eigenvalue weighted by Crippen LogP contribution is 2.38. The van der Waals surface area contributed by atoms with Crippen LogP contribution in [-0.2, 0) is 57.2 Å². The standard InChI is InChI=1S/C23H33NO12/c1-8-9-23(22(30)31-7)10-17(33-14(4)27)19(24-12(2)25)21(36-23)20(35-16(6)29)18(34-15(5)28)11-32-13(3)26/h8,17-21H,1,9-11H2,2-7H3,(H,24,25)/t17-,18+,19+,20+,21+,23+/m0/s1. The molecule has 13 heteroatoms. The van der Waals surface area contributed by atoms with Gasteiger partial charge in [0.1, 0.15) is 18.8 Å². The maximum atomic E-state index is 12.9. The van der Waals surface area contributed by atoms with Gasteiger partial charge in [-0.05, 0) is 0 Å². The van der Waals surface area contributed by atoms with Gasteiger partial charge in [-0.3, -0.25) is 24.0 Å². The highest BCUT2D eigenvalue weighted by atomic mass is 16.6. The molecule has 36 heavy (non-hydrogen) atoms. The summed E-state index contributed by atoms with van der Waals surface area (Å²) in [5.41, 5.74) is -1.78. The highest BCUT2D eigenvalue weighted by Gasteiger charge is 2.57. The van der Waals surface area contributed by atoms with Gasteiger partial charge in [0.2, 0.25) is 5.91 Å². The molecule has 0 bridgehead atoms. The van der Waals surface area contributed by atoms with E-state index in [4.69, 9.17) is 28.4 Å². The molecule has 0 aromatic heterocycles. The second kappa shape index (κ2) is 13.6. The zero-order valence-electron chi connectivity index (χ0n) is 21.2. The fraction of sp³-hybridized carbons (Fsp3) is 0.652. The number of methoxy groups -OCH3 is 1. The Morgan fingerprint density at radius 2 is 1.61 bits per heavy atom. The topological polar surface area (TPSA) is 170 Å². The Labute approximate surface area is 208 Å². The molecule has 1 amide bonds. The lowest BCUT2D eigenvalue weighted by Gasteiger charge is -2.48. The summed E-state index contributed by atoms with van der Waals surface area (Å²) in [6, 6.07) is -1.19. The molecule has 0 spiro atoms. The second-order valence-corrected chi connectivity index (χ2v) is 8.16. The minimum absolute atomic E-state index is 0.115.